The summed E-state index contributed by atoms with van der Waals surface area (Å²) in [7, 11) is 1.65. The van der Waals surface area contributed by atoms with Crippen molar-refractivity contribution in [3.05, 3.63) is 28.8 Å². The second-order valence-corrected chi connectivity index (χ2v) is 7.42. The highest BCUT2D eigenvalue weighted by atomic mass is 35.5. The predicted octanol–water partition coefficient (Wildman–Crippen LogP) is -0.0948. The van der Waals surface area contributed by atoms with E-state index in [2.05, 4.69) is 0 Å². The molecular weight excluding hydrogens is 380 g/mol. The van der Waals surface area contributed by atoms with Gasteiger partial charge < -0.3 is 39.7 Å². The van der Waals surface area contributed by atoms with Crippen molar-refractivity contribution in [2.24, 2.45) is 0 Å². The average Bonchev–Trinajstić information content (AvgIpc) is 3.12. The molecule has 1 saturated heterocycles. The van der Waals surface area contributed by atoms with Crippen LogP contribution in [0.1, 0.15) is 24.8 Å². The molecular formula is C18H25ClO8. The molecule has 1 saturated carbocycles. The molecule has 0 amide bonds. The van der Waals surface area contributed by atoms with Crippen LogP contribution in [0.5, 0.6) is 5.75 Å². The van der Waals surface area contributed by atoms with E-state index >= 15 is 0 Å². The molecule has 0 radical (unpaired) electrons. The van der Waals surface area contributed by atoms with Gasteiger partial charge in [-0.3, -0.25) is 0 Å². The zero-order valence-corrected chi connectivity index (χ0v) is 15.6. The Hall–Kier alpha value is -0.970. The maximum absolute atomic E-state index is 10.9. The Kier molecular flexibility index (Phi) is 6.29. The van der Waals surface area contributed by atoms with Gasteiger partial charge >= 0.3 is 0 Å². The fraction of sp³-hybridized carbons (Fsp3) is 0.667. The van der Waals surface area contributed by atoms with Gasteiger partial charge in [-0.15, -0.1) is 0 Å². The molecule has 1 aromatic carbocycles. The van der Waals surface area contributed by atoms with E-state index in [9.17, 15) is 25.5 Å². The van der Waals surface area contributed by atoms with Gasteiger partial charge in [-0.25, -0.2) is 0 Å². The summed E-state index contributed by atoms with van der Waals surface area (Å²) in [5.74, 6) is -2.05. The van der Waals surface area contributed by atoms with Crippen LogP contribution in [0, 0.1) is 0 Å². The number of aliphatic hydroxyl groups is 5. The van der Waals surface area contributed by atoms with E-state index in [-0.39, 0.29) is 17.8 Å². The molecule has 1 aliphatic carbocycles. The van der Waals surface area contributed by atoms with Gasteiger partial charge in [0.2, 0.25) is 5.79 Å². The molecule has 7 atom stereocenters. The lowest BCUT2D eigenvalue weighted by Crippen LogP contribution is -2.63. The first-order valence-corrected chi connectivity index (χ1v) is 9.22. The molecule has 152 valence electrons. The van der Waals surface area contributed by atoms with Gasteiger partial charge in [0.25, 0.3) is 0 Å². The van der Waals surface area contributed by atoms with Crippen LogP contribution >= 0.6 is 11.6 Å². The minimum atomic E-state index is -2.35. The molecule has 0 bridgehead atoms. The third-order valence-corrected chi connectivity index (χ3v) is 5.59. The van der Waals surface area contributed by atoms with E-state index in [1.165, 1.54) is 18.2 Å². The molecule has 5 N–H and O–H groups in total. The van der Waals surface area contributed by atoms with E-state index < -0.39 is 36.8 Å². The summed E-state index contributed by atoms with van der Waals surface area (Å²) in [4.78, 5) is 0. The first kappa shape index (κ1) is 20.8. The number of halogens is 1. The van der Waals surface area contributed by atoms with Crippen molar-refractivity contribution in [1.29, 1.82) is 0 Å². The number of ether oxygens (including phenoxy) is 3. The first-order chi connectivity index (χ1) is 12.8. The van der Waals surface area contributed by atoms with Crippen molar-refractivity contribution in [2.75, 3.05) is 13.7 Å². The highest BCUT2D eigenvalue weighted by Gasteiger charge is 2.53. The Morgan fingerprint density at radius 2 is 1.89 bits per heavy atom. The SMILES string of the molecule is CO[C@H]1CC[C@@H](Oc2cc([C@]3(O)O[C@H](CO)[C@@H](O)[C@H](O)[C@H]3O)ccc2Cl)C1. The van der Waals surface area contributed by atoms with Crippen LogP contribution in [0.25, 0.3) is 0 Å². The topological polar surface area (TPSA) is 129 Å². The van der Waals surface area contributed by atoms with Gasteiger partial charge in [-0.1, -0.05) is 17.7 Å². The number of benzene rings is 1. The van der Waals surface area contributed by atoms with Crippen molar-refractivity contribution in [1.82, 2.24) is 0 Å². The molecule has 0 spiro atoms. The van der Waals surface area contributed by atoms with Crippen LogP contribution in [0.15, 0.2) is 18.2 Å². The summed E-state index contributed by atoms with van der Waals surface area (Å²) in [5, 5.41) is 50.7. The van der Waals surface area contributed by atoms with Crippen LogP contribution in [-0.2, 0) is 15.3 Å². The lowest BCUT2D eigenvalue weighted by molar-refractivity contribution is -0.357. The van der Waals surface area contributed by atoms with Crippen LogP contribution in [0.3, 0.4) is 0 Å². The van der Waals surface area contributed by atoms with E-state index in [0.29, 0.717) is 17.2 Å². The van der Waals surface area contributed by atoms with Crippen LogP contribution in [0.2, 0.25) is 5.02 Å². The summed E-state index contributed by atoms with van der Waals surface area (Å²) < 4.78 is 16.6. The molecule has 3 rings (SSSR count). The quantitative estimate of drug-likeness (QED) is 0.460. The fourth-order valence-corrected chi connectivity index (χ4v) is 3.77. The van der Waals surface area contributed by atoms with Gasteiger partial charge in [0.15, 0.2) is 0 Å². The lowest BCUT2D eigenvalue weighted by atomic mass is 9.88. The molecule has 2 fully saturated rings. The fourth-order valence-electron chi connectivity index (χ4n) is 3.61. The number of hydrogen-bond acceptors (Lipinski definition) is 8. The smallest absolute Gasteiger partial charge is 0.222 e. The van der Waals surface area contributed by atoms with E-state index in [4.69, 9.17) is 25.8 Å². The number of rotatable bonds is 5. The lowest BCUT2D eigenvalue weighted by Gasteiger charge is -2.45. The van der Waals surface area contributed by atoms with Crippen molar-refractivity contribution < 1.29 is 39.7 Å². The molecule has 0 unspecified atom stereocenters. The van der Waals surface area contributed by atoms with Gasteiger partial charge in [-0.05, 0) is 25.0 Å². The summed E-state index contributed by atoms with van der Waals surface area (Å²) >= 11 is 6.20. The van der Waals surface area contributed by atoms with Crippen LogP contribution < -0.4 is 4.74 Å². The average molecular weight is 405 g/mol. The Morgan fingerprint density at radius 1 is 1.19 bits per heavy atom. The minimum Gasteiger partial charge on any atom is -0.489 e. The molecule has 27 heavy (non-hydrogen) atoms. The number of hydrogen-bond donors (Lipinski definition) is 5. The van der Waals surface area contributed by atoms with Crippen molar-refractivity contribution in [2.45, 2.75) is 61.7 Å². The third-order valence-electron chi connectivity index (χ3n) is 5.27. The van der Waals surface area contributed by atoms with E-state index in [1.807, 2.05) is 0 Å². The maximum atomic E-state index is 10.9. The summed E-state index contributed by atoms with van der Waals surface area (Å²) in [6.45, 7) is -0.648. The highest BCUT2D eigenvalue weighted by molar-refractivity contribution is 6.32. The summed E-state index contributed by atoms with van der Waals surface area (Å²) in [6.07, 6.45) is -3.99. The molecule has 2 aliphatic rings. The Balaban J connectivity index is 1.86. The molecule has 9 heteroatoms. The van der Waals surface area contributed by atoms with Gasteiger partial charge in [0, 0.05) is 19.1 Å². The Bertz CT molecular complexity index is 656. The summed E-state index contributed by atoms with van der Waals surface area (Å²) in [5.41, 5.74) is 0.0834. The van der Waals surface area contributed by atoms with Gasteiger partial charge in [0.05, 0.1) is 17.7 Å². The van der Waals surface area contributed by atoms with E-state index in [1.54, 1.807) is 7.11 Å². The van der Waals surface area contributed by atoms with Gasteiger partial charge in [0.1, 0.15) is 36.3 Å². The van der Waals surface area contributed by atoms with E-state index in [0.717, 1.165) is 12.8 Å². The van der Waals surface area contributed by atoms with Crippen LogP contribution in [-0.4, -0.2) is 75.9 Å². The normalized spacial score (nSPS) is 39.5. The van der Waals surface area contributed by atoms with Crippen molar-refractivity contribution >= 4 is 11.6 Å². The third kappa shape index (κ3) is 3.94. The second kappa shape index (κ2) is 8.18. The number of aliphatic hydroxyl groups excluding tert-OH is 4. The molecule has 8 nitrogen and oxygen atoms in total. The molecule has 1 aromatic rings. The Labute approximate surface area is 161 Å². The first-order valence-electron chi connectivity index (χ1n) is 8.84. The zero-order valence-electron chi connectivity index (χ0n) is 14.9. The monoisotopic (exact) mass is 404 g/mol. The minimum absolute atomic E-state index is 0.0834. The standard InChI is InChI=1S/C18H25ClO8/c1-25-10-3-4-11(7-10)26-13-6-9(2-5-12(13)19)18(24)17(23)16(22)15(21)14(8-20)27-18/h2,5-6,10-11,14-17,20-24H,3-4,7-8H2,1H3/t10-,11+,14+,15+,16-,17+,18-/m0/s1. The van der Waals surface area contributed by atoms with Gasteiger partial charge in [-0.2, -0.15) is 0 Å². The highest BCUT2D eigenvalue weighted by Crippen LogP contribution is 2.40. The van der Waals surface area contributed by atoms with Crippen LogP contribution in [0.4, 0.5) is 0 Å². The molecule has 1 heterocycles. The zero-order chi connectivity index (χ0) is 19.8. The Morgan fingerprint density at radius 3 is 2.52 bits per heavy atom. The largest absolute Gasteiger partial charge is 0.489 e. The second-order valence-electron chi connectivity index (χ2n) is 7.02. The van der Waals surface area contributed by atoms with Crippen molar-refractivity contribution in [3.63, 3.8) is 0 Å². The number of methoxy groups -OCH3 is 1. The summed E-state index contributed by atoms with van der Waals surface area (Å²) in [6, 6.07) is 4.32. The maximum Gasteiger partial charge on any atom is 0.222 e. The molecule has 1 aliphatic heterocycles. The predicted molar refractivity (Wildman–Crippen MR) is 94.4 cm³/mol. The van der Waals surface area contributed by atoms with Crippen molar-refractivity contribution in [3.8, 4) is 5.75 Å². The molecule has 0 aromatic heterocycles.